The molecule has 0 aliphatic carbocycles. The lowest BCUT2D eigenvalue weighted by Crippen LogP contribution is -2.08. The average molecular weight is 195 g/mol. The maximum absolute atomic E-state index is 9.73. The zero-order valence-corrected chi connectivity index (χ0v) is 9.09. The van der Waals surface area contributed by atoms with Crippen LogP contribution in [0.25, 0.3) is 0 Å². The fourth-order valence-corrected chi connectivity index (χ4v) is 1.85. The molecule has 0 aliphatic heterocycles. The molecule has 78 valence electrons. The van der Waals surface area contributed by atoms with Crippen LogP contribution in [-0.4, -0.2) is 12.2 Å². The minimum Gasteiger partial charge on any atom is -0.508 e. The monoisotopic (exact) mass is 195 g/mol. The molecule has 0 saturated heterocycles. The molecule has 1 aromatic rings. The van der Waals surface area contributed by atoms with Crippen molar-refractivity contribution >= 4 is 0 Å². The maximum atomic E-state index is 9.73. The van der Waals surface area contributed by atoms with Gasteiger partial charge in [0.1, 0.15) is 11.5 Å². The second-order valence-corrected chi connectivity index (χ2v) is 3.57. The van der Waals surface area contributed by atoms with Gasteiger partial charge in [-0.1, -0.05) is 0 Å². The van der Waals surface area contributed by atoms with Crippen molar-refractivity contribution in [1.82, 2.24) is 0 Å². The Hall–Kier alpha value is -1.22. The van der Waals surface area contributed by atoms with Crippen molar-refractivity contribution in [3.63, 3.8) is 0 Å². The van der Waals surface area contributed by atoms with Gasteiger partial charge in [-0.3, -0.25) is 0 Å². The predicted octanol–water partition coefficient (Wildman–Crippen LogP) is 2.04. The summed E-state index contributed by atoms with van der Waals surface area (Å²) < 4.78 is 5.25. The Morgan fingerprint density at radius 1 is 1.43 bits per heavy atom. The number of benzene rings is 1. The van der Waals surface area contributed by atoms with Crippen molar-refractivity contribution in [2.75, 3.05) is 7.11 Å². The van der Waals surface area contributed by atoms with Gasteiger partial charge in [0.25, 0.3) is 0 Å². The lowest BCUT2D eigenvalue weighted by Gasteiger charge is -2.17. The lowest BCUT2D eigenvalue weighted by atomic mass is 9.98. The van der Waals surface area contributed by atoms with Crippen molar-refractivity contribution in [2.24, 2.45) is 5.73 Å². The Bertz CT molecular complexity index is 346. The minimum atomic E-state index is -0.190. The molecule has 0 amide bonds. The third-order valence-corrected chi connectivity index (χ3v) is 2.39. The number of phenols is 1. The number of aromatic hydroxyl groups is 1. The number of methoxy groups -OCH3 is 1. The molecule has 0 bridgehead atoms. The first-order chi connectivity index (χ1) is 6.49. The first kappa shape index (κ1) is 10.9. The highest BCUT2D eigenvalue weighted by Crippen LogP contribution is 2.35. The van der Waals surface area contributed by atoms with Crippen LogP contribution in [0.5, 0.6) is 11.5 Å². The number of aryl methyl sites for hydroxylation is 1. The van der Waals surface area contributed by atoms with Crippen LogP contribution >= 0.6 is 0 Å². The summed E-state index contributed by atoms with van der Waals surface area (Å²) in [7, 11) is 1.62. The lowest BCUT2D eigenvalue weighted by molar-refractivity contribution is 0.402. The fourth-order valence-electron chi connectivity index (χ4n) is 1.85. The van der Waals surface area contributed by atoms with Gasteiger partial charge in [-0.15, -0.1) is 0 Å². The van der Waals surface area contributed by atoms with E-state index in [0.29, 0.717) is 0 Å². The van der Waals surface area contributed by atoms with Crippen LogP contribution in [0.1, 0.15) is 29.7 Å². The normalized spacial score (nSPS) is 12.6. The van der Waals surface area contributed by atoms with E-state index in [-0.39, 0.29) is 11.8 Å². The van der Waals surface area contributed by atoms with Crippen molar-refractivity contribution in [2.45, 2.75) is 26.8 Å². The molecule has 1 rings (SSSR count). The van der Waals surface area contributed by atoms with Crippen molar-refractivity contribution in [3.8, 4) is 11.5 Å². The highest BCUT2D eigenvalue weighted by atomic mass is 16.5. The number of ether oxygens (including phenoxy) is 1. The molecule has 0 aromatic heterocycles. The molecule has 14 heavy (non-hydrogen) atoms. The summed E-state index contributed by atoms with van der Waals surface area (Å²) in [6.45, 7) is 5.65. The summed E-state index contributed by atoms with van der Waals surface area (Å²) in [5.41, 5.74) is 8.37. The third kappa shape index (κ3) is 1.68. The zero-order valence-electron chi connectivity index (χ0n) is 9.09. The number of phenolic OH excluding ortho intramolecular Hbond substituents is 1. The first-order valence-corrected chi connectivity index (χ1v) is 4.61. The minimum absolute atomic E-state index is 0.190. The Morgan fingerprint density at radius 3 is 2.43 bits per heavy atom. The molecule has 0 radical (unpaired) electrons. The average Bonchev–Trinajstić information content (AvgIpc) is 2.02. The number of hydrogen-bond donors (Lipinski definition) is 2. The zero-order chi connectivity index (χ0) is 10.9. The smallest absolute Gasteiger partial charge is 0.125 e. The largest absolute Gasteiger partial charge is 0.508 e. The standard InChI is InChI=1S/C11H17NO2/c1-6-5-9(13)10(8(3)12)7(2)11(6)14-4/h5,8,13H,12H2,1-4H3. The van der Waals surface area contributed by atoms with Crippen LogP contribution in [0, 0.1) is 13.8 Å². The van der Waals surface area contributed by atoms with E-state index in [0.717, 1.165) is 22.4 Å². The summed E-state index contributed by atoms with van der Waals surface area (Å²) >= 11 is 0. The van der Waals surface area contributed by atoms with Gasteiger partial charge in [-0.25, -0.2) is 0 Å². The van der Waals surface area contributed by atoms with Gasteiger partial charge >= 0.3 is 0 Å². The number of hydrogen-bond acceptors (Lipinski definition) is 3. The summed E-state index contributed by atoms with van der Waals surface area (Å²) in [5.74, 6) is 1.05. The number of rotatable bonds is 2. The summed E-state index contributed by atoms with van der Waals surface area (Å²) in [4.78, 5) is 0. The Balaban J connectivity index is 3.44. The molecular weight excluding hydrogens is 178 g/mol. The topological polar surface area (TPSA) is 55.5 Å². The van der Waals surface area contributed by atoms with Crippen LogP contribution in [0.15, 0.2) is 6.07 Å². The Morgan fingerprint density at radius 2 is 2.00 bits per heavy atom. The third-order valence-electron chi connectivity index (χ3n) is 2.39. The van der Waals surface area contributed by atoms with E-state index in [9.17, 15) is 5.11 Å². The quantitative estimate of drug-likeness (QED) is 0.759. The Labute approximate surface area is 84.5 Å². The molecule has 0 aliphatic rings. The molecule has 0 heterocycles. The van der Waals surface area contributed by atoms with Gasteiger partial charge < -0.3 is 15.6 Å². The highest BCUT2D eigenvalue weighted by Gasteiger charge is 2.15. The van der Waals surface area contributed by atoms with Gasteiger partial charge in [0, 0.05) is 11.6 Å². The van der Waals surface area contributed by atoms with E-state index < -0.39 is 0 Å². The predicted molar refractivity (Wildman–Crippen MR) is 56.7 cm³/mol. The molecule has 3 N–H and O–H groups in total. The van der Waals surface area contributed by atoms with Crippen LogP contribution in [-0.2, 0) is 0 Å². The van der Waals surface area contributed by atoms with Gasteiger partial charge in [0.15, 0.2) is 0 Å². The fraction of sp³-hybridized carbons (Fsp3) is 0.455. The van der Waals surface area contributed by atoms with Crippen molar-refractivity contribution in [3.05, 3.63) is 22.8 Å². The van der Waals surface area contributed by atoms with E-state index in [4.69, 9.17) is 10.5 Å². The van der Waals surface area contributed by atoms with Gasteiger partial charge in [0.2, 0.25) is 0 Å². The molecule has 0 saturated carbocycles. The summed E-state index contributed by atoms with van der Waals surface area (Å²) in [6.07, 6.45) is 0. The molecular formula is C11H17NO2. The van der Waals surface area contributed by atoms with Crippen LogP contribution in [0.3, 0.4) is 0 Å². The van der Waals surface area contributed by atoms with E-state index in [1.807, 2.05) is 20.8 Å². The summed E-state index contributed by atoms with van der Waals surface area (Å²) in [6, 6.07) is 1.49. The maximum Gasteiger partial charge on any atom is 0.125 e. The molecule has 1 atom stereocenters. The molecule has 3 nitrogen and oxygen atoms in total. The summed E-state index contributed by atoms with van der Waals surface area (Å²) in [5, 5.41) is 9.73. The SMILES string of the molecule is COc1c(C)cc(O)c(C(C)N)c1C. The van der Waals surface area contributed by atoms with Gasteiger partial charge in [-0.2, -0.15) is 0 Å². The number of nitrogens with two attached hydrogens (primary N) is 1. The van der Waals surface area contributed by atoms with E-state index in [2.05, 4.69) is 0 Å². The van der Waals surface area contributed by atoms with E-state index in [1.165, 1.54) is 0 Å². The van der Waals surface area contributed by atoms with E-state index in [1.54, 1.807) is 13.2 Å². The second-order valence-electron chi connectivity index (χ2n) is 3.57. The van der Waals surface area contributed by atoms with Crippen LogP contribution < -0.4 is 10.5 Å². The molecule has 0 fully saturated rings. The first-order valence-electron chi connectivity index (χ1n) is 4.61. The molecule has 0 spiro atoms. The highest BCUT2D eigenvalue weighted by molar-refractivity contribution is 5.53. The molecule has 1 unspecified atom stereocenters. The molecule has 1 aromatic carbocycles. The molecule has 3 heteroatoms. The van der Waals surface area contributed by atoms with E-state index >= 15 is 0 Å². The van der Waals surface area contributed by atoms with Crippen LogP contribution in [0.2, 0.25) is 0 Å². The van der Waals surface area contributed by atoms with Crippen LogP contribution in [0.4, 0.5) is 0 Å². The van der Waals surface area contributed by atoms with Crippen molar-refractivity contribution < 1.29 is 9.84 Å². The second kappa shape index (κ2) is 3.88. The Kier molecular flexibility index (Phi) is 3.01. The van der Waals surface area contributed by atoms with Crippen molar-refractivity contribution in [1.29, 1.82) is 0 Å². The van der Waals surface area contributed by atoms with Gasteiger partial charge in [-0.05, 0) is 38.0 Å². The van der Waals surface area contributed by atoms with Gasteiger partial charge in [0.05, 0.1) is 7.11 Å².